The molecule has 1 aliphatic heterocycles. The van der Waals surface area contributed by atoms with Gasteiger partial charge in [-0.1, -0.05) is 0 Å². The van der Waals surface area contributed by atoms with Crippen molar-refractivity contribution in [1.82, 2.24) is 4.90 Å². The number of rotatable bonds is 4. The largest absolute Gasteiger partial charge is 0.491 e. The van der Waals surface area contributed by atoms with E-state index in [0.29, 0.717) is 12.4 Å². The molecule has 132 valence electrons. The highest BCUT2D eigenvalue weighted by molar-refractivity contribution is 5.87. The molecule has 2 rings (SSSR count). The normalized spacial score (nSPS) is 20.8. The summed E-state index contributed by atoms with van der Waals surface area (Å²) in [6, 6.07) is 6.32. The van der Waals surface area contributed by atoms with Gasteiger partial charge in [-0.3, -0.25) is 4.90 Å². The summed E-state index contributed by atoms with van der Waals surface area (Å²) in [5.74, 6) is -0.383. The van der Waals surface area contributed by atoms with E-state index >= 15 is 0 Å². The van der Waals surface area contributed by atoms with Crippen molar-refractivity contribution in [3.8, 4) is 5.75 Å². The van der Waals surface area contributed by atoms with E-state index in [4.69, 9.17) is 14.6 Å². The first-order valence-electron chi connectivity index (χ1n) is 8.15. The van der Waals surface area contributed by atoms with Gasteiger partial charge >= 0.3 is 12.1 Å². The Kier molecular flexibility index (Phi) is 5.36. The molecule has 0 aliphatic carbocycles. The topological polar surface area (TPSA) is 76.1 Å². The zero-order valence-corrected chi connectivity index (χ0v) is 14.6. The van der Waals surface area contributed by atoms with E-state index in [1.807, 2.05) is 27.7 Å². The number of ether oxygens (including phenoxy) is 2. The van der Waals surface area contributed by atoms with E-state index in [1.165, 1.54) is 12.1 Å². The van der Waals surface area contributed by atoms with Crippen molar-refractivity contribution in [2.75, 3.05) is 6.61 Å². The highest BCUT2D eigenvalue weighted by Crippen LogP contribution is 2.27. The number of carbonyl (C=O) groups excluding carboxylic acids is 1. The van der Waals surface area contributed by atoms with Crippen molar-refractivity contribution >= 4 is 12.1 Å². The minimum atomic E-state index is -0.970. The predicted octanol–water partition coefficient (Wildman–Crippen LogP) is 3.55. The molecular weight excluding hydrogens is 310 g/mol. The highest BCUT2D eigenvalue weighted by atomic mass is 16.6. The molecule has 1 heterocycles. The van der Waals surface area contributed by atoms with Gasteiger partial charge in [0.05, 0.1) is 11.6 Å². The van der Waals surface area contributed by atoms with Crippen LogP contribution in [-0.4, -0.2) is 46.4 Å². The maximum absolute atomic E-state index is 12.4. The lowest BCUT2D eigenvalue weighted by molar-refractivity contribution is 0.0117. The van der Waals surface area contributed by atoms with E-state index < -0.39 is 11.6 Å². The summed E-state index contributed by atoms with van der Waals surface area (Å²) in [6.07, 6.45) is 1.45. The number of hydrogen-bond donors (Lipinski definition) is 1. The van der Waals surface area contributed by atoms with Crippen LogP contribution in [0.15, 0.2) is 24.3 Å². The van der Waals surface area contributed by atoms with Crippen LogP contribution >= 0.6 is 0 Å². The van der Waals surface area contributed by atoms with Crippen molar-refractivity contribution in [2.45, 2.75) is 58.2 Å². The maximum atomic E-state index is 12.4. The molecule has 1 aliphatic rings. The van der Waals surface area contributed by atoms with Gasteiger partial charge in [-0.15, -0.1) is 0 Å². The molecule has 0 radical (unpaired) electrons. The molecule has 6 heteroatoms. The van der Waals surface area contributed by atoms with Gasteiger partial charge in [0, 0.05) is 6.04 Å². The summed E-state index contributed by atoms with van der Waals surface area (Å²) >= 11 is 0. The minimum absolute atomic E-state index is 0.0472. The van der Waals surface area contributed by atoms with Crippen LogP contribution in [0.4, 0.5) is 4.79 Å². The number of hydrogen-bond acceptors (Lipinski definition) is 4. The molecule has 2 atom stereocenters. The van der Waals surface area contributed by atoms with Gasteiger partial charge in [-0.2, -0.15) is 0 Å². The lowest BCUT2D eigenvalue weighted by Crippen LogP contribution is -2.45. The number of nitrogens with zero attached hydrogens (tertiary/aromatic N) is 1. The van der Waals surface area contributed by atoms with E-state index in [0.717, 1.165) is 12.8 Å². The standard InChI is InChI=1S/C18H25NO5/c1-12-5-8-14(19(12)17(22)24-18(2,3)4)11-23-15-9-6-13(7-10-15)16(20)21/h6-7,9-10,12,14H,5,8,11H2,1-4H3,(H,20,21)/t12-,14+/m1/s1. The summed E-state index contributed by atoms with van der Waals surface area (Å²) in [7, 11) is 0. The molecular formula is C18H25NO5. The van der Waals surface area contributed by atoms with Crippen molar-refractivity contribution in [1.29, 1.82) is 0 Å². The predicted molar refractivity (Wildman–Crippen MR) is 89.5 cm³/mol. The first-order valence-corrected chi connectivity index (χ1v) is 8.15. The average molecular weight is 335 g/mol. The molecule has 1 saturated heterocycles. The minimum Gasteiger partial charge on any atom is -0.491 e. The second-order valence-electron chi connectivity index (χ2n) is 7.11. The van der Waals surface area contributed by atoms with Crippen molar-refractivity contribution in [3.05, 3.63) is 29.8 Å². The van der Waals surface area contributed by atoms with Crippen LogP contribution in [0.5, 0.6) is 5.75 Å². The van der Waals surface area contributed by atoms with Crippen LogP contribution in [-0.2, 0) is 4.74 Å². The van der Waals surface area contributed by atoms with Crippen molar-refractivity contribution in [2.24, 2.45) is 0 Å². The Morgan fingerprint density at radius 2 is 1.83 bits per heavy atom. The molecule has 6 nitrogen and oxygen atoms in total. The Morgan fingerprint density at radius 3 is 2.38 bits per heavy atom. The Bertz CT molecular complexity index is 590. The Morgan fingerprint density at radius 1 is 1.21 bits per heavy atom. The number of carbonyl (C=O) groups is 2. The molecule has 1 aromatic carbocycles. The number of amides is 1. The van der Waals surface area contributed by atoms with Gasteiger partial charge < -0.3 is 14.6 Å². The van der Waals surface area contributed by atoms with Gasteiger partial charge in [0.2, 0.25) is 0 Å². The molecule has 1 amide bonds. The molecule has 0 bridgehead atoms. The number of carboxylic acid groups (broad SMARTS) is 1. The monoisotopic (exact) mass is 335 g/mol. The molecule has 1 aromatic rings. The third-order valence-electron chi connectivity index (χ3n) is 3.93. The second kappa shape index (κ2) is 7.11. The fourth-order valence-corrected chi connectivity index (χ4v) is 2.77. The number of aromatic carboxylic acids is 1. The third-order valence-corrected chi connectivity index (χ3v) is 3.93. The van der Waals surface area contributed by atoms with E-state index in [-0.39, 0.29) is 23.7 Å². The van der Waals surface area contributed by atoms with Gasteiger partial charge in [-0.25, -0.2) is 9.59 Å². The van der Waals surface area contributed by atoms with Gasteiger partial charge in [0.25, 0.3) is 0 Å². The van der Waals surface area contributed by atoms with Crippen LogP contribution in [0.3, 0.4) is 0 Å². The molecule has 24 heavy (non-hydrogen) atoms. The fourth-order valence-electron chi connectivity index (χ4n) is 2.77. The maximum Gasteiger partial charge on any atom is 0.410 e. The van der Waals surface area contributed by atoms with Crippen LogP contribution in [0, 0.1) is 0 Å². The molecule has 0 unspecified atom stereocenters. The molecule has 0 spiro atoms. The van der Waals surface area contributed by atoms with Gasteiger partial charge in [0.1, 0.15) is 18.0 Å². The molecule has 1 fully saturated rings. The summed E-state index contributed by atoms with van der Waals surface area (Å²) in [5.41, 5.74) is -0.315. The fraction of sp³-hybridized carbons (Fsp3) is 0.556. The molecule has 0 saturated carbocycles. The zero-order chi connectivity index (χ0) is 17.9. The summed E-state index contributed by atoms with van der Waals surface area (Å²) in [5, 5.41) is 8.90. The summed E-state index contributed by atoms with van der Waals surface area (Å²) < 4.78 is 11.2. The molecule has 0 aromatic heterocycles. The Balaban J connectivity index is 1.97. The SMILES string of the molecule is C[C@@H]1CC[C@@H](COc2ccc(C(=O)O)cc2)N1C(=O)OC(C)(C)C. The van der Waals surface area contributed by atoms with Crippen LogP contribution < -0.4 is 4.74 Å². The zero-order valence-electron chi connectivity index (χ0n) is 14.6. The quantitative estimate of drug-likeness (QED) is 0.910. The van der Waals surface area contributed by atoms with Crippen molar-refractivity contribution < 1.29 is 24.2 Å². The van der Waals surface area contributed by atoms with Gasteiger partial charge in [-0.05, 0) is 64.8 Å². The van der Waals surface area contributed by atoms with Crippen molar-refractivity contribution in [3.63, 3.8) is 0 Å². The number of benzene rings is 1. The van der Waals surface area contributed by atoms with Crippen LogP contribution in [0.2, 0.25) is 0 Å². The smallest absolute Gasteiger partial charge is 0.410 e. The Labute approximate surface area is 142 Å². The lowest BCUT2D eigenvalue weighted by atomic mass is 10.2. The van der Waals surface area contributed by atoms with Crippen LogP contribution in [0.25, 0.3) is 0 Å². The lowest BCUT2D eigenvalue weighted by Gasteiger charge is -2.31. The van der Waals surface area contributed by atoms with Crippen LogP contribution in [0.1, 0.15) is 50.9 Å². The summed E-state index contributed by atoms with van der Waals surface area (Å²) in [4.78, 5) is 25.0. The number of likely N-dealkylation sites (tertiary alicyclic amines) is 1. The Hall–Kier alpha value is -2.24. The second-order valence-corrected chi connectivity index (χ2v) is 7.11. The summed E-state index contributed by atoms with van der Waals surface area (Å²) in [6.45, 7) is 7.91. The first kappa shape index (κ1) is 18.1. The highest BCUT2D eigenvalue weighted by Gasteiger charge is 2.37. The van der Waals surface area contributed by atoms with E-state index in [9.17, 15) is 9.59 Å². The molecule has 1 N–H and O–H groups in total. The van der Waals surface area contributed by atoms with Gasteiger partial charge in [0.15, 0.2) is 0 Å². The third kappa shape index (κ3) is 4.63. The van der Waals surface area contributed by atoms with E-state index in [1.54, 1.807) is 17.0 Å². The van der Waals surface area contributed by atoms with E-state index in [2.05, 4.69) is 0 Å². The first-order chi connectivity index (χ1) is 11.2. The average Bonchev–Trinajstić information content (AvgIpc) is 2.85. The number of carboxylic acids is 1.